The normalized spacial score (nSPS) is 13.0. The molecule has 1 atom stereocenters. The Balaban J connectivity index is 2.01. The van der Waals surface area contributed by atoms with E-state index in [1.54, 1.807) is 26.0 Å². The first-order valence-electron chi connectivity index (χ1n) is 8.70. The maximum Gasteiger partial charge on any atom is 0.515 e. The highest BCUT2D eigenvalue weighted by atomic mass is 16.7. The van der Waals surface area contributed by atoms with Gasteiger partial charge in [-0.3, -0.25) is 0 Å². The molecule has 3 N–H and O–H groups in total. The lowest BCUT2D eigenvalue weighted by atomic mass is 10.1. The molecule has 144 valence electrons. The van der Waals surface area contributed by atoms with Crippen LogP contribution in [0.4, 0.5) is 4.79 Å². The summed E-state index contributed by atoms with van der Waals surface area (Å²) in [6.07, 6.45) is -1.66. The number of hydrogen-bond donors (Lipinski definition) is 3. The largest absolute Gasteiger partial charge is 0.515 e. The molecule has 1 aromatic heterocycles. The van der Waals surface area contributed by atoms with Gasteiger partial charge in [0.15, 0.2) is 0 Å². The quantitative estimate of drug-likeness (QED) is 0.653. The second-order valence-corrected chi connectivity index (χ2v) is 7.47. The van der Waals surface area contributed by atoms with Crippen LogP contribution in [0, 0.1) is 0 Å². The predicted octanol–water partition coefficient (Wildman–Crippen LogP) is 3.22. The molecule has 0 saturated heterocycles. The van der Waals surface area contributed by atoms with E-state index >= 15 is 0 Å². The zero-order valence-electron chi connectivity index (χ0n) is 16.0. The van der Waals surface area contributed by atoms with Crippen LogP contribution in [0.5, 0.6) is 11.6 Å². The zero-order valence-corrected chi connectivity index (χ0v) is 16.0. The average Bonchev–Trinajstić information content (AvgIpc) is 2.91. The van der Waals surface area contributed by atoms with Crippen molar-refractivity contribution in [3.05, 3.63) is 24.3 Å². The molecule has 2 aromatic rings. The highest BCUT2D eigenvalue weighted by Gasteiger charge is 2.15. The van der Waals surface area contributed by atoms with Crippen molar-refractivity contribution in [2.75, 3.05) is 13.2 Å². The Kier molecular flexibility index (Phi) is 6.50. The van der Waals surface area contributed by atoms with E-state index in [0.29, 0.717) is 12.3 Å². The number of aliphatic hydroxyl groups is 1. The second-order valence-electron chi connectivity index (χ2n) is 7.47. The summed E-state index contributed by atoms with van der Waals surface area (Å²) in [5.74, 6) is 0.872. The van der Waals surface area contributed by atoms with E-state index < -0.39 is 12.3 Å². The molecular weight excluding hydrogens is 336 g/mol. The minimum atomic E-state index is -0.766. The lowest BCUT2D eigenvalue weighted by molar-refractivity contribution is 0.0718. The molecule has 0 saturated carbocycles. The molecule has 0 fully saturated rings. The monoisotopic (exact) mass is 364 g/mol. The summed E-state index contributed by atoms with van der Waals surface area (Å²) in [5.41, 5.74) is 0.690. The van der Waals surface area contributed by atoms with Crippen LogP contribution in [-0.2, 0) is 4.74 Å². The van der Waals surface area contributed by atoms with E-state index in [0.717, 1.165) is 10.9 Å². The summed E-state index contributed by atoms with van der Waals surface area (Å²) < 4.78 is 15.8. The summed E-state index contributed by atoms with van der Waals surface area (Å²) in [6, 6.07) is 7.15. The first-order valence-corrected chi connectivity index (χ1v) is 8.70. The molecule has 7 nitrogen and oxygen atoms in total. The Bertz CT molecular complexity index is 733. The molecule has 0 radical (unpaired) electrons. The SMILES string of the molecule is CC(C)OC(=O)Oc1cc2c(OCC(O)CNC(C)(C)C)cccc2[nH]1. The summed E-state index contributed by atoms with van der Waals surface area (Å²) in [7, 11) is 0. The third kappa shape index (κ3) is 6.24. The van der Waals surface area contributed by atoms with Crippen LogP contribution in [0.25, 0.3) is 10.9 Å². The number of hydrogen-bond acceptors (Lipinski definition) is 6. The first-order chi connectivity index (χ1) is 12.1. The standard InChI is InChI=1S/C19H28N2O5/c1-12(2)25-18(23)26-17-9-14-15(21-17)7-6-8-16(14)24-11-13(22)10-20-19(3,4)5/h6-9,12-13,20-22H,10-11H2,1-5H3. The van der Waals surface area contributed by atoms with Crippen molar-refractivity contribution in [1.82, 2.24) is 10.3 Å². The molecule has 0 aliphatic heterocycles. The lowest BCUT2D eigenvalue weighted by Crippen LogP contribution is -2.42. The molecule has 1 unspecified atom stereocenters. The Morgan fingerprint density at radius 3 is 2.69 bits per heavy atom. The molecular formula is C19H28N2O5. The van der Waals surface area contributed by atoms with E-state index in [-0.39, 0.29) is 24.1 Å². The fourth-order valence-corrected chi connectivity index (χ4v) is 2.26. The molecule has 1 aromatic carbocycles. The molecule has 0 aliphatic carbocycles. The van der Waals surface area contributed by atoms with E-state index in [1.807, 2.05) is 32.9 Å². The van der Waals surface area contributed by atoms with Gasteiger partial charge >= 0.3 is 6.16 Å². The number of carbonyl (C=O) groups is 1. The van der Waals surface area contributed by atoms with E-state index in [2.05, 4.69) is 10.3 Å². The molecule has 0 aliphatic rings. The van der Waals surface area contributed by atoms with Gasteiger partial charge < -0.3 is 29.6 Å². The van der Waals surface area contributed by atoms with Crippen molar-refractivity contribution in [1.29, 1.82) is 0 Å². The van der Waals surface area contributed by atoms with Crippen molar-refractivity contribution >= 4 is 17.1 Å². The number of fused-ring (bicyclic) bond motifs is 1. The Morgan fingerprint density at radius 1 is 1.31 bits per heavy atom. The minimum absolute atomic E-state index is 0.0710. The van der Waals surface area contributed by atoms with Gasteiger partial charge in [-0.15, -0.1) is 0 Å². The first kappa shape index (κ1) is 20.1. The van der Waals surface area contributed by atoms with Crippen molar-refractivity contribution in [2.24, 2.45) is 0 Å². The van der Waals surface area contributed by atoms with E-state index in [9.17, 15) is 9.90 Å². The number of nitrogens with one attached hydrogen (secondary N) is 2. The topological polar surface area (TPSA) is 92.8 Å². The van der Waals surface area contributed by atoms with Gasteiger partial charge in [-0.2, -0.15) is 0 Å². The van der Waals surface area contributed by atoms with E-state index in [4.69, 9.17) is 14.2 Å². The number of rotatable bonds is 7. The number of aromatic nitrogens is 1. The molecule has 7 heteroatoms. The van der Waals surface area contributed by atoms with Crippen molar-refractivity contribution in [3.8, 4) is 11.6 Å². The number of ether oxygens (including phenoxy) is 3. The average molecular weight is 364 g/mol. The molecule has 2 rings (SSSR count). The maximum absolute atomic E-state index is 11.6. The number of β-amino-alcohol motifs (C(OH)–C–C–N with tert-alkyl or cyclic N) is 1. The zero-order chi connectivity index (χ0) is 19.3. The highest BCUT2D eigenvalue weighted by Crippen LogP contribution is 2.29. The van der Waals surface area contributed by atoms with Crippen LogP contribution in [0.15, 0.2) is 24.3 Å². The van der Waals surface area contributed by atoms with Crippen LogP contribution in [0.3, 0.4) is 0 Å². The lowest BCUT2D eigenvalue weighted by Gasteiger charge is -2.23. The maximum atomic E-state index is 11.6. The molecule has 0 bridgehead atoms. The second kappa shape index (κ2) is 8.42. The van der Waals surface area contributed by atoms with Gasteiger partial charge in [-0.05, 0) is 46.8 Å². The van der Waals surface area contributed by atoms with Gasteiger partial charge in [-0.1, -0.05) is 6.07 Å². The number of aromatic amines is 1. The van der Waals surface area contributed by atoms with Crippen LogP contribution in [-0.4, -0.2) is 47.1 Å². The number of carbonyl (C=O) groups excluding carboxylic acids is 1. The van der Waals surface area contributed by atoms with Crippen LogP contribution in [0.1, 0.15) is 34.6 Å². The Morgan fingerprint density at radius 2 is 2.04 bits per heavy atom. The Labute approximate surface area is 153 Å². The number of benzene rings is 1. The van der Waals surface area contributed by atoms with Crippen molar-refractivity contribution in [2.45, 2.75) is 52.4 Å². The smallest absolute Gasteiger partial charge is 0.490 e. The fourth-order valence-electron chi connectivity index (χ4n) is 2.26. The Hall–Kier alpha value is -2.25. The third-order valence-electron chi connectivity index (χ3n) is 3.42. The van der Waals surface area contributed by atoms with Gasteiger partial charge in [0.2, 0.25) is 5.88 Å². The predicted molar refractivity (Wildman–Crippen MR) is 99.8 cm³/mol. The van der Waals surface area contributed by atoms with Gasteiger partial charge in [0, 0.05) is 23.5 Å². The minimum Gasteiger partial charge on any atom is -0.490 e. The number of aliphatic hydroxyl groups excluding tert-OH is 1. The third-order valence-corrected chi connectivity index (χ3v) is 3.42. The van der Waals surface area contributed by atoms with Gasteiger partial charge in [0.1, 0.15) is 18.5 Å². The molecule has 1 heterocycles. The van der Waals surface area contributed by atoms with Gasteiger partial charge in [-0.25, -0.2) is 4.79 Å². The van der Waals surface area contributed by atoms with E-state index in [1.165, 1.54) is 0 Å². The van der Waals surface area contributed by atoms with Crippen molar-refractivity contribution < 1.29 is 24.1 Å². The summed E-state index contributed by atoms with van der Waals surface area (Å²) in [6.45, 7) is 10.2. The van der Waals surface area contributed by atoms with Crippen LogP contribution < -0.4 is 14.8 Å². The summed E-state index contributed by atoms with van der Waals surface area (Å²) in [4.78, 5) is 14.6. The van der Waals surface area contributed by atoms with Crippen LogP contribution in [0.2, 0.25) is 0 Å². The van der Waals surface area contributed by atoms with Crippen LogP contribution >= 0.6 is 0 Å². The fraction of sp³-hybridized carbons (Fsp3) is 0.526. The molecule has 26 heavy (non-hydrogen) atoms. The van der Waals surface area contributed by atoms with Gasteiger partial charge in [0.05, 0.1) is 11.6 Å². The summed E-state index contributed by atoms with van der Waals surface area (Å²) >= 11 is 0. The highest BCUT2D eigenvalue weighted by molar-refractivity contribution is 5.88. The number of H-pyrrole nitrogens is 1. The summed E-state index contributed by atoms with van der Waals surface area (Å²) in [5, 5.41) is 14.1. The molecule has 0 amide bonds. The van der Waals surface area contributed by atoms with Crippen molar-refractivity contribution in [3.63, 3.8) is 0 Å². The molecule has 0 spiro atoms. The van der Waals surface area contributed by atoms with Gasteiger partial charge in [0.25, 0.3) is 0 Å².